The van der Waals surface area contributed by atoms with Crippen molar-refractivity contribution >= 4 is 18.0 Å². The highest BCUT2D eigenvalue weighted by Gasteiger charge is 2.36. The highest BCUT2D eigenvalue weighted by molar-refractivity contribution is 5.89. The average molecular weight is 524 g/mol. The number of aromatic nitrogens is 2. The van der Waals surface area contributed by atoms with E-state index in [1.54, 1.807) is 41.5 Å². The zero-order chi connectivity index (χ0) is 27.9. The number of rotatable bonds is 3. The summed E-state index contributed by atoms with van der Waals surface area (Å²) < 4.78 is 48.9. The number of amides is 3. The van der Waals surface area contributed by atoms with Gasteiger partial charge in [-0.15, -0.1) is 0 Å². The minimum atomic E-state index is -1.37. The van der Waals surface area contributed by atoms with Gasteiger partial charge in [0.05, 0.1) is 12.2 Å². The van der Waals surface area contributed by atoms with Gasteiger partial charge in [0.15, 0.2) is 11.6 Å². The van der Waals surface area contributed by atoms with Gasteiger partial charge < -0.3 is 20.3 Å². The third kappa shape index (κ3) is 6.05. The smallest absolute Gasteiger partial charge is 0.410 e. The lowest BCUT2D eigenvalue weighted by Gasteiger charge is -2.31. The van der Waals surface area contributed by atoms with E-state index in [-0.39, 0.29) is 36.3 Å². The first-order chi connectivity index (χ1) is 17.0. The molecule has 9 nitrogen and oxygen atoms in total. The fourth-order valence-electron chi connectivity index (χ4n) is 3.99. The highest BCUT2D eigenvalue weighted by Crippen LogP contribution is 2.33. The molecule has 0 saturated heterocycles. The third-order valence-electron chi connectivity index (χ3n) is 5.81. The van der Waals surface area contributed by atoms with Gasteiger partial charge in [-0.05, 0) is 32.3 Å². The van der Waals surface area contributed by atoms with Gasteiger partial charge >= 0.3 is 12.1 Å². The number of benzene rings is 1. The molecule has 1 aliphatic heterocycles. The maximum absolute atomic E-state index is 14.8. The average Bonchev–Trinajstić information content (AvgIpc) is 3.16. The summed E-state index contributed by atoms with van der Waals surface area (Å²) in [6.07, 6.45) is -0.486. The molecule has 3 rings (SSSR count). The van der Waals surface area contributed by atoms with Crippen LogP contribution in [0.1, 0.15) is 52.8 Å². The van der Waals surface area contributed by atoms with Crippen LogP contribution in [0.2, 0.25) is 0 Å². The molecule has 12 heteroatoms. The normalized spacial score (nSPS) is 14.6. The lowest BCUT2D eigenvalue weighted by Crippen LogP contribution is -2.54. The number of hydrogen-bond donors (Lipinski definition) is 2. The molecule has 0 spiro atoms. The summed E-state index contributed by atoms with van der Waals surface area (Å²) in [5.74, 6) is -4.18. The van der Waals surface area contributed by atoms with Crippen molar-refractivity contribution in [3.63, 3.8) is 0 Å². The van der Waals surface area contributed by atoms with Crippen LogP contribution in [0.25, 0.3) is 11.3 Å². The van der Waals surface area contributed by atoms with Gasteiger partial charge in [-0.1, -0.05) is 20.8 Å². The molecule has 1 unspecified atom stereocenters. The highest BCUT2D eigenvalue weighted by atomic mass is 19.2. The fourth-order valence-corrected chi connectivity index (χ4v) is 3.99. The summed E-state index contributed by atoms with van der Waals surface area (Å²) in [5, 5.41) is 9.41. The van der Waals surface area contributed by atoms with Crippen molar-refractivity contribution in [2.24, 2.45) is 5.41 Å². The van der Waals surface area contributed by atoms with Crippen molar-refractivity contribution < 1.29 is 32.3 Å². The van der Waals surface area contributed by atoms with Crippen LogP contribution in [0.3, 0.4) is 0 Å². The van der Waals surface area contributed by atoms with E-state index in [0.29, 0.717) is 17.8 Å². The molecule has 37 heavy (non-hydrogen) atoms. The van der Waals surface area contributed by atoms with Crippen molar-refractivity contribution in [3.05, 3.63) is 40.8 Å². The Hall–Kier alpha value is -3.57. The Morgan fingerprint density at radius 2 is 1.65 bits per heavy atom. The Morgan fingerprint density at radius 1 is 1.03 bits per heavy atom. The standard InChI is InChI=1S/C25H32F3N5O4/c1-24(2,3)20(21(34)29-7)30-22(35)33-18-8-9-32(23(36)37-25(4,5)6)12-14(18)19(31-33)13-10-16(27)17(28)11-15(13)26/h10-11,20H,8-9,12H2,1-7H3,(H,29,34)(H,30,35). The van der Waals surface area contributed by atoms with Gasteiger partial charge in [-0.3, -0.25) is 4.79 Å². The van der Waals surface area contributed by atoms with Crippen LogP contribution in [-0.4, -0.2) is 57.9 Å². The second-order valence-electron chi connectivity index (χ2n) is 10.9. The molecule has 0 bridgehead atoms. The quantitative estimate of drug-likeness (QED) is 0.593. The molecule has 1 aromatic carbocycles. The largest absolute Gasteiger partial charge is 0.444 e. The second kappa shape index (κ2) is 10.1. The summed E-state index contributed by atoms with van der Waals surface area (Å²) in [7, 11) is 1.44. The lowest BCUT2D eigenvalue weighted by atomic mass is 9.86. The number of carbonyl (C=O) groups excluding carboxylic acids is 3. The van der Waals surface area contributed by atoms with Crippen molar-refractivity contribution in [1.29, 1.82) is 0 Å². The molecule has 3 amide bonds. The molecule has 0 radical (unpaired) electrons. The van der Waals surface area contributed by atoms with E-state index in [1.807, 2.05) is 0 Å². The number of hydrogen-bond acceptors (Lipinski definition) is 5. The minimum Gasteiger partial charge on any atom is -0.444 e. The molecular weight excluding hydrogens is 491 g/mol. The zero-order valence-electron chi connectivity index (χ0n) is 22.0. The number of nitrogens with one attached hydrogen (secondary N) is 2. The first kappa shape index (κ1) is 28.0. The van der Waals surface area contributed by atoms with Crippen LogP contribution in [0.4, 0.5) is 22.8 Å². The van der Waals surface area contributed by atoms with E-state index in [0.717, 1.165) is 4.68 Å². The van der Waals surface area contributed by atoms with Crippen LogP contribution in [-0.2, 0) is 22.5 Å². The number of ether oxygens (including phenoxy) is 1. The lowest BCUT2D eigenvalue weighted by molar-refractivity contribution is -0.124. The van der Waals surface area contributed by atoms with E-state index in [2.05, 4.69) is 15.7 Å². The predicted molar refractivity (Wildman–Crippen MR) is 129 cm³/mol. The Morgan fingerprint density at radius 3 is 2.22 bits per heavy atom. The summed E-state index contributed by atoms with van der Waals surface area (Å²) in [6.45, 7) is 10.5. The third-order valence-corrected chi connectivity index (χ3v) is 5.81. The molecule has 202 valence electrons. The molecule has 1 aromatic heterocycles. The van der Waals surface area contributed by atoms with Crippen LogP contribution in [0.5, 0.6) is 0 Å². The number of carbonyl (C=O) groups is 3. The van der Waals surface area contributed by atoms with Gasteiger partial charge in [0.25, 0.3) is 0 Å². The summed E-state index contributed by atoms with van der Waals surface area (Å²) in [6, 6.07) is -0.647. The second-order valence-corrected chi connectivity index (χ2v) is 10.9. The molecule has 2 aromatic rings. The van der Waals surface area contributed by atoms with Crippen molar-refractivity contribution in [2.75, 3.05) is 13.6 Å². The molecular formula is C25H32F3N5O4. The topological polar surface area (TPSA) is 106 Å². The van der Waals surface area contributed by atoms with Gasteiger partial charge in [0.1, 0.15) is 23.2 Å². The van der Waals surface area contributed by atoms with E-state index >= 15 is 0 Å². The Labute approximate surface area is 213 Å². The number of halogens is 3. The van der Waals surface area contributed by atoms with Crippen molar-refractivity contribution in [3.8, 4) is 11.3 Å². The van der Waals surface area contributed by atoms with Crippen molar-refractivity contribution in [1.82, 2.24) is 25.3 Å². The molecule has 0 fully saturated rings. The van der Waals surface area contributed by atoms with E-state index in [9.17, 15) is 27.6 Å². The zero-order valence-corrected chi connectivity index (χ0v) is 22.0. The molecule has 2 heterocycles. The molecule has 2 N–H and O–H groups in total. The summed E-state index contributed by atoms with van der Waals surface area (Å²) >= 11 is 0. The van der Waals surface area contributed by atoms with Gasteiger partial charge in [-0.25, -0.2) is 22.8 Å². The fraction of sp³-hybridized carbons (Fsp3) is 0.520. The number of likely N-dealkylation sites (N-methyl/N-ethyl adjacent to an activating group) is 1. The Bertz CT molecular complexity index is 1230. The van der Waals surface area contributed by atoms with Crippen molar-refractivity contribution in [2.45, 2.75) is 66.2 Å². The Balaban J connectivity index is 2.09. The summed E-state index contributed by atoms with van der Waals surface area (Å²) in [5.41, 5.74) is -1.29. The maximum Gasteiger partial charge on any atom is 0.410 e. The first-order valence-electron chi connectivity index (χ1n) is 11.8. The van der Waals surface area contributed by atoms with Crippen LogP contribution < -0.4 is 10.6 Å². The number of fused-ring (bicyclic) bond motifs is 1. The first-order valence-corrected chi connectivity index (χ1v) is 11.8. The maximum atomic E-state index is 14.8. The SMILES string of the molecule is CNC(=O)C(NC(=O)n1nc(-c2cc(F)c(F)cc2F)c2c1CCN(C(=O)OC(C)(C)C)C2)C(C)(C)C. The molecule has 0 aliphatic carbocycles. The van der Waals surface area contributed by atoms with E-state index in [1.165, 1.54) is 11.9 Å². The van der Waals surface area contributed by atoms with E-state index < -0.39 is 52.5 Å². The van der Waals surface area contributed by atoms with Crippen LogP contribution in [0.15, 0.2) is 12.1 Å². The molecule has 1 atom stereocenters. The molecule has 1 aliphatic rings. The van der Waals surface area contributed by atoms with Gasteiger partial charge in [0.2, 0.25) is 5.91 Å². The molecule has 0 saturated carbocycles. The Kier molecular flexibility index (Phi) is 7.62. The monoisotopic (exact) mass is 523 g/mol. The predicted octanol–water partition coefficient (Wildman–Crippen LogP) is 3.98. The number of nitrogens with zero attached hydrogens (tertiary/aromatic N) is 3. The van der Waals surface area contributed by atoms with Crippen LogP contribution >= 0.6 is 0 Å². The van der Waals surface area contributed by atoms with Gasteiger partial charge in [0, 0.05) is 37.2 Å². The summed E-state index contributed by atoms with van der Waals surface area (Å²) in [4.78, 5) is 39.8. The minimum absolute atomic E-state index is 0.108. The van der Waals surface area contributed by atoms with E-state index in [4.69, 9.17) is 4.74 Å². The van der Waals surface area contributed by atoms with Crippen LogP contribution in [0, 0.1) is 22.9 Å². The van der Waals surface area contributed by atoms with Gasteiger partial charge in [-0.2, -0.15) is 9.78 Å².